The highest BCUT2D eigenvalue weighted by Crippen LogP contribution is 2.30. The molecule has 0 radical (unpaired) electrons. The molecule has 6 nitrogen and oxygen atoms in total. The Morgan fingerprint density at radius 3 is 1.90 bits per heavy atom. The van der Waals surface area contributed by atoms with Gasteiger partial charge in [-0.15, -0.1) is 0 Å². The summed E-state index contributed by atoms with van der Waals surface area (Å²) >= 11 is 0. The Bertz CT molecular complexity index is 599. The minimum atomic E-state index is 0.179. The van der Waals surface area contributed by atoms with Crippen LogP contribution in [0.2, 0.25) is 0 Å². The standard InChI is InChI=1S/C15H19N3O3/c1-9-5-11(8-16)6-10(2)14(9)21-15-17-12(19-3)7-13(18-15)20-4/h5-7H,8,16H2,1-4H3. The molecule has 0 amide bonds. The zero-order valence-electron chi connectivity index (χ0n) is 12.6. The van der Waals surface area contributed by atoms with Crippen molar-refractivity contribution in [3.63, 3.8) is 0 Å². The SMILES string of the molecule is COc1cc(OC)nc(Oc2c(C)cc(CN)cc2C)n1. The zero-order valence-corrected chi connectivity index (χ0v) is 12.6. The maximum absolute atomic E-state index is 5.80. The molecule has 6 heteroatoms. The molecule has 0 aliphatic rings. The van der Waals surface area contributed by atoms with Gasteiger partial charge in [-0.25, -0.2) is 0 Å². The molecule has 0 bridgehead atoms. The van der Waals surface area contributed by atoms with Crippen molar-refractivity contribution in [1.82, 2.24) is 9.97 Å². The van der Waals surface area contributed by atoms with E-state index >= 15 is 0 Å². The fraction of sp³-hybridized carbons (Fsp3) is 0.333. The van der Waals surface area contributed by atoms with Crippen molar-refractivity contribution in [2.45, 2.75) is 20.4 Å². The van der Waals surface area contributed by atoms with Crippen LogP contribution in [0, 0.1) is 13.8 Å². The topological polar surface area (TPSA) is 79.5 Å². The van der Waals surface area contributed by atoms with Crippen LogP contribution in [0.15, 0.2) is 18.2 Å². The van der Waals surface area contributed by atoms with Crippen LogP contribution in [-0.4, -0.2) is 24.2 Å². The Morgan fingerprint density at radius 2 is 1.48 bits per heavy atom. The lowest BCUT2D eigenvalue weighted by Gasteiger charge is -2.13. The van der Waals surface area contributed by atoms with Gasteiger partial charge in [0.2, 0.25) is 11.8 Å². The smallest absolute Gasteiger partial charge is 0.328 e. The quantitative estimate of drug-likeness (QED) is 0.910. The molecule has 0 saturated carbocycles. The van der Waals surface area contributed by atoms with Crippen LogP contribution in [0.25, 0.3) is 0 Å². The maximum Gasteiger partial charge on any atom is 0.328 e. The number of hydrogen-bond acceptors (Lipinski definition) is 6. The molecule has 0 aliphatic carbocycles. The number of ether oxygens (including phenoxy) is 3. The predicted octanol–water partition coefficient (Wildman–Crippen LogP) is 2.36. The molecular formula is C15H19N3O3. The second-order valence-corrected chi connectivity index (χ2v) is 4.60. The van der Waals surface area contributed by atoms with E-state index in [2.05, 4.69) is 9.97 Å². The van der Waals surface area contributed by atoms with Gasteiger partial charge in [0, 0.05) is 6.54 Å². The van der Waals surface area contributed by atoms with Crippen molar-refractivity contribution in [2.75, 3.05) is 14.2 Å². The molecule has 0 unspecified atom stereocenters. The Hall–Kier alpha value is -2.34. The summed E-state index contributed by atoms with van der Waals surface area (Å²) in [5, 5.41) is 0. The van der Waals surface area contributed by atoms with E-state index in [9.17, 15) is 0 Å². The van der Waals surface area contributed by atoms with Crippen molar-refractivity contribution in [3.8, 4) is 23.5 Å². The number of aryl methyl sites for hydroxylation is 2. The number of rotatable bonds is 5. The first kappa shape index (κ1) is 15.1. The molecule has 0 fully saturated rings. The summed E-state index contributed by atoms with van der Waals surface area (Å²) in [6.45, 7) is 4.41. The van der Waals surface area contributed by atoms with E-state index in [1.165, 1.54) is 14.2 Å². The molecule has 0 spiro atoms. The molecule has 0 atom stereocenters. The van der Waals surface area contributed by atoms with Gasteiger partial charge < -0.3 is 19.9 Å². The molecule has 1 aromatic heterocycles. The van der Waals surface area contributed by atoms with Crippen LogP contribution in [0.5, 0.6) is 23.5 Å². The summed E-state index contributed by atoms with van der Waals surface area (Å²) in [4.78, 5) is 8.32. The predicted molar refractivity (Wildman–Crippen MR) is 79.0 cm³/mol. The molecule has 0 aliphatic heterocycles. The Labute approximate surface area is 123 Å². The van der Waals surface area contributed by atoms with Gasteiger partial charge in [0.05, 0.1) is 20.3 Å². The average molecular weight is 289 g/mol. The molecule has 1 aromatic carbocycles. The molecule has 2 N–H and O–H groups in total. The lowest BCUT2D eigenvalue weighted by atomic mass is 10.1. The Balaban J connectivity index is 2.38. The van der Waals surface area contributed by atoms with Crippen LogP contribution < -0.4 is 19.9 Å². The van der Waals surface area contributed by atoms with E-state index in [1.807, 2.05) is 26.0 Å². The van der Waals surface area contributed by atoms with Crippen LogP contribution in [0.3, 0.4) is 0 Å². The van der Waals surface area contributed by atoms with E-state index in [0.717, 1.165) is 16.7 Å². The number of benzene rings is 1. The first-order valence-corrected chi connectivity index (χ1v) is 6.52. The van der Waals surface area contributed by atoms with E-state index in [0.29, 0.717) is 24.1 Å². The second-order valence-electron chi connectivity index (χ2n) is 4.60. The number of nitrogens with zero attached hydrogens (tertiary/aromatic N) is 2. The minimum absolute atomic E-state index is 0.179. The molecular weight excluding hydrogens is 270 g/mol. The summed E-state index contributed by atoms with van der Waals surface area (Å²) in [5.41, 5.74) is 8.67. The summed E-state index contributed by atoms with van der Waals surface area (Å²) in [7, 11) is 3.05. The van der Waals surface area contributed by atoms with E-state index in [-0.39, 0.29) is 6.01 Å². The highest BCUT2D eigenvalue weighted by molar-refractivity contribution is 5.44. The van der Waals surface area contributed by atoms with Crippen LogP contribution in [0.1, 0.15) is 16.7 Å². The van der Waals surface area contributed by atoms with Crippen molar-refractivity contribution in [3.05, 3.63) is 34.9 Å². The van der Waals surface area contributed by atoms with Crippen LogP contribution >= 0.6 is 0 Å². The summed E-state index contributed by atoms with van der Waals surface area (Å²) in [5.74, 6) is 1.47. The highest BCUT2D eigenvalue weighted by atomic mass is 16.5. The van der Waals surface area contributed by atoms with Gasteiger partial charge in [0.25, 0.3) is 0 Å². The number of hydrogen-bond donors (Lipinski definition) is 1. The van der Waals surface area contributed by atoms with Gasteiger partial charge in [-0.1, -0.05) is 12.1 Å². The van der Waals surface area contributed by atoms with Gasteiger partial charge >= 0.3 is 6.01 Å². The molecule has 21 heavy (non-hydrogen) atoms. The van der Waals surface area contributed by atoms with E-state index in [4.69, 9.17) is 19.9 Å². The largest absolute Gasteiger partial charge is 0.481 e. The lowest BCUT2D eigenvalue weighted by molar-refractivity contribution is 0.347. The van der Waals surface area contributed by atoms with Gasteiger partial charge in [-0.2, -0.15) is 9.97 Å². The number of aromatic nitrogens is 2. The summed E-state index contributed by atoms with van der Waals surface area (Å²) < 4.78 is 16.0. The first-order valence-electron chi connectivity index (χ1n) is 6.52. The average Bonchev–Trinajstić information content (AvgIpc) is 2.50. The minimum Gasteiger partial charge on any atom is -0.481 e. The third kappa shape index (κ3) is 3.41. The van der Waals surface area contributed by atoms with Crippen molar-refractivity contribution >= 4 is 0 Å². The van der Waals surface area contributed by atoms with Crippen LogP contribution in [-0.2, 0) is 6.54 Å². The third-order valence-corrected chi connectivity index (χ3v) is 3.03. The second kappa shape index (κ2) is 6.41. The van der Waals surface area contributed by atoms with Crippen molar-refractivity contribution in [2.24, 2.45) is 5.73 Å². The Kier molecular flexibility index (Phi) is 4.59. The molecule has 0 saturated heterocycles. The van der Waals surface area contributed by atoms with Crippen LogP contribution in [0.4, 0.5) is 0 Å². The van der Waals surface area contributed by atoms with Crippen molar-refractivity contribution in [1.29, 1.82) is 0 Å². The van der Waals surface area contributed by atoms with Gasteiger partial charge in [-0.05, 0) is 30.5 Å². The number of methoxy groups -OCH3 is 2. The molecule has 2 aromatic rings. The molecule has 112 valence electrons. The fourth-order valence-electron chi connectivity index (χ4n) is 2.05. The van der Waals surface area contributed by atoms with E-state index in [1.54, 1.807) is 6.07 Å². The van der Waals surface area contributed by atoms with E-state index < -0.39 is 0 Å². The highest BCUT2D eigenvalue weighted by Gasteiger charge is 2.12. The molecule has 2 rings (SSSR count). The Morgan fingerprint density at radius 1 is 0.952 bits per heavy atom. The van der Waals surface area contributed by atoms with Gasteiger partial charge in [0.15, 0.2) is 0 Å². The summed E-state index contributed by atoms with van der Waals surface area (Å²) in [6.07, 6.45) is 0. The monoisotopic (exact) mass is 289 g/mol. The zero-order chi connectivity index (χ0) is 15.4. The lowest BCUT2D eigenvalue weighted by Crippen LogP contribution is -2.02. The van der Waals surface area contributed by atoms with Gasteiger partial charge in [0.1, 0.15) is 5.75 Å². The molecule has 1 heterocycles. The normalized spacial score (nSPS) is 10.3. The first-order chi connectivity index (χ1) is 10.1. The van der Waals surface area contributed by atoms with Crippen molar-refractivity contribution < 1.29 is 14.2 Å². The summed E-state index contributed by atoms with van der Waals surface area (Å²) in [6, 6.07) is 5.74. The third-order valence-electron chi connectivity index (χ3n) is 3.03. The van der Waals surface area contributed by atoms with Gasteiger partial charge in [-0.3, -0.25) is 0 Å². The fourth-order valence-corrected chi connectivity index (χ4v) is 2.05. The number of nitrogens with two attached hydrogens (primary N) is 1. The maximum atomic E-state index is 5.80.